The summed E-state index contributed by atoms with van der Waals surface area (Å²) in [6.07, 6.45) is 2.53. The van der Waals surface area contributed by atoms with Crippen LogP contribution in [0, 0.1) is 0 Å². The van der Waals surface area contributed by atoms with Crippen molar-refractivity contribution in [1.82, 2.24) is 9.80 Å². The second-order valence-electron chi connectivity index (χ2n) is 5.58. The lowest BCUT2D eigenvalue weighted by Gasteiger charge is -2.39. The molecule has 5 nitrogen and oxygen atoms in total. The Morgan fingerprint density at radius 1 is 1.41 bits per heavy atom. The number of likely N-dealkylation sites (N-methyl/N-ethyl adjacent to an activating group) is 1. The van der Waals surface area contributed by atoms with E-state index in [1.807, 2.05) is 0 Å². The number of hydrogen-bond donors (Lipinski definition) is 1. The van der Waals surface area contributed by atoms with Crippen LogP contribution < -0.4 is 0 Å². The van der Waals surface area contributed by atoms with Crippen LogP contribution in [0.5, 0.6) is 5.75 Å². The maximum absolute atomic E-state index is 12.7. The summed E-state index contributed by atoms with van der Waals surface area (Å²) in [5, 5.41) is 9.60. The zero-order valence-electron chi connectivity index (χ0n) is 12.9. The van der Waals surface area contributed by atoms with E-state index >= 15 is 0 Å². The molecule has 22 heavy (non-hydrogen) atoms. The van der Waals surface area contributed by atoms with Crippen LogP contribution in [0.3, 0.4) is 0 Å². The molecule has 1 aliphatic heterocycles. The summed E-state index contributed by atoms with van der Waals surface area (Å²) >= 11 is 5.87. The van der Waals surface area contributed by atoms with E-state index in [0.29, 0.717) is 25.1 Å². The van der Waals surface area contributed by atoms with Crippen LogP contribution in [0.4, 0.5) is 0 Å². The molecule has 0 spiro atoms. The molecule has 1 fully saturated rings. The highest BCUT2D eigenvalue weighted by atomic mass is 35.5. The predicted octanol–water partition coefficient (Wildman–Crippen LogP) is 2.52. The van der Waals surface area contributed by atoms with Gasteiger partial charge in [-0.2, -0.15) is 0 Å². The molecule has 0 unspecified atom stereocenters. The highest BCUT2D eigenvalue weighted by Gasteiger charge is 2.35. The number of rotatable bonds is 4. The van der Waals surface area contributed by atoms with Crippen LogP contribution >= 0.6 is 11.6 Å². The van der Waals surface area contributed by atoms with Gasteiger partial charge in [-0.05, 0) is 24.6 Å². The number of phenolic OH excluding ortho intramolecular Hbond substituents is 1. The Bertz CT molecular complexity index is 577. The topological polar surface area (TPSA) is 60.9 Å². The highest BCUT2D eigenvalue weighted by molar-refractivity contribution is 6.32. The van der Waals surface area contributed by atoms with Crippen molar-refractivity contribution in [3.63, 3.8) is 0 Å². The Labute approximate surface area is 135 Å². The molecule has 1 aliphatic rings. The fourth-order valence-electron chi connectivity index (χ4n) is 2.64. The average molecular weight is 325 g/mol. The molecule has 0 aromatic heterocycles. The number of carbonyl (C=O) groups excluding carboxylic acids is 2. The van der Waals surface area contributed by atoms with E-state index in [-0.39, 0.29) is 22.6 Å². The van der Waals surface area contributed by atoms with Gasteiger partial charge in [0.05, 0.1) is 5.02 Å². The van der Waals surface area contributed by atoms with Crippen molar-refractivity contribution in [2.45, 2.75) is 32.2 Å². The number of carbonyl (C=O) groups is 2. The number of unbranched alkanes of at least 4 members (excludes halogenated alkanes) is 1. The first-order valence-corrected chi connectivity index (χ1v) is 7.88. The van der Waals surface area contributed by atoms with Gasteiger partial charge in [0.15, 0.2) is 0 Å². The van der Waals surface area contributed by atoms with Crippen molar-refractivity contribution < 1.29 is 14.7 Å². The summed E-state index contributed by atoms with van der Waals surface area (Å²) in [6.45, 7) is 3.09. The van der Waals surface area contributed by atoms with Crippen molar-refractivity contribution in [3.05, 3.63) is 28.8 Å². The second-order valence-corrected chi connectivity index (χ2v) is 5.99. The van der Waals surface area contributed by atoms with Crippen molar-refractivity contribution in [1.29, 1.82) is 0 Å². The first-order valence-electron chi connectivity index (χ1n) is 7.50. The minimum absolute atomic E-state index is 0.0158. The van der Waals surface area contributed by atoms with Gasteiger partial charge in [0.2, 0.25) is 5.91 Å². The van der Waals surface area contributed by atoms with Gasteiger partial charge in [-0.25, -0.2) is 0 Å². The predicted molar refractivity (Wildman–Crippen MR) is 85.1 cm³/mol. The Morgan fingerprint density at radius 2 is 2.14 bits per heavy atom. The van der Waals surface area contributed by atoms with Gasteiger partial charge in [-0.1, -0.05) is 31.4 Å². The van der Waals surface area contributed by atoms with E-state index in [0.717, 1.165) is 12.8 Å². The fraction of sp³-hybridized carbons (Fsp3) is 0.500. The third-order valence-electron chi connectivity index (χ3n) is 4.00. The molecule has 1 N–H and O–H groups in total. The quantitative estimate of drug-likeness (QED) is 0.925. The first kappa shape index (κ1) is 16.6. The Morgan fingerprint density at radius 3 is 2.77 bits per heavy atom. The average Bonchev–Trinajstić information content (AvgIpc) is 2.50. The number of halogens is 1. The van der Waals surface area contributed by atoms with Gasteiger partial charge in [-0.15, -0.1) is 0 Å². The molecule has 120 valence electrons. The number of amides is 2. The summed E-state index contributed by atoms with van der Waals surface area (Å²) in [5.74, 6) is -0.294. The molecule has 1 saturated heterocycles. The number of aromatic hydroxyl groups is 1. The maximum atomic E-state index is 12.7. The monoisotopic (exact) mass is 324 g/mol. The number of piperazine rings is 1. The molecular weight excluding hydrogens is 304 g/mol. The van der Waals surface area contributed by atoms with Crippen molar-refractivity contribution in [2.75, 3.05) is 20.1 Å². The van der Waals surface area contributed by atoms with Crippen molar-refractivity contribution in [2.24, 2.45) is 0 Å². The maximum Gasteiger partial charge on any atom is 0.254 e. The zero-order chi connectivity index (χ0) is 16.3. The lowest BCUT2D eigenvalue weighted by atomic mass is 10.0. The second kappa shape index (κ2) is 7.01. The van der Waals surface area contributed by atoms with E-state index in [9.17, 15) is 14.7 Å². The molecule has 0 bridgehead atoms. The third-order valence-corrected chi connectivity index (χ3v) is 4.30. The van der Waals surface area contributed by atoms with Gasteiger partial charge in [0, 0.05) is 25.7 Å². The largest absolute Gasteiger partial charge is 0.506 e. The number of hydrogen-bond acceptors (Lipinski definition) is 3. The number of nitrogens with zero attached hydrogens (tertiary/aromatic N) is 2. The lowest BCUT2D eigenvalue weighted by Crippen LogP contribution is -2.57. The summed E-state index contributed by atoms with van der Waals surface area (Å²) in [6, 6.07) is 3.95. The van der Waals surface area contributed by atoms with Crippen molar-refractivity contribution >= 4 is 23.4 Å². The molecule has 0 saturated carbocycles. The fourth-order valence-corrected chi connectivity index (χ4v) is 2.82. The molecule has 1 heterocycles. The summed E-state index contributed by atoms with van der Waals surface area (Å²) < 4.78 is 0. The Balaban J connectivity index is 2.24. The molecule has 0 radical (unpaired) electrons. The van der Waals surface area contributed by atoms with E-state index < -0.39 is 6.04 Å². The van der Waals surface area contributed by atoms with E-state index in [1.54, 1.807) is 16.8 Å². The number of phenols is 1. The lowest BCUT2D eigenvalue weighted by molar-refractivity contribution is -0.138. The van der Waals surface area contributed by atoms with Crippen LogP contribution in [0.15, 0.2) is 18.2 Å². The SMILES string of the molecule is CCCC[C@@H]1C(=O)N(C)CCN1C(=O)c1ccc(O)c(Cl)c1. The molecule has 1 aromatic rings. The van der Waals surface area contributed by atoms with Crippen LogP contribution in [-0.4, -0.2) is 52.9 Å². The van der Waals surface area contributed by atoms with Gasteiger partial charge >= 0.3 is 0 Å². The smallest absolute Gasteiger partial charge is 0.254 e. The van der Waals surface area contributed by atoms with E-state index in [1.165, 1.54) is 18.2 Å². The van der Waals surface area contributed by atoms with Crippen LogP contribution in [0.2, 0.25) is 5.02 Å². The number of benzene rings is 1. The van der Waals surface area contributed by atoms with Crippen LogP contribution in [-0.2, 0) is 4.79 Å². The van der Waals surface area contributed by atoms with Gasteiger partial charge in [0.1, 0.15) is 11.8 Å². The normalized spacial score (nSPS) is 18.7. The first-order chi connectivity index (χ1) is 10.5. The van der Waals surface area contributed by atoms with Gasteiger partial charge in [-0.3, -0.25) is 9.59 Å². The Hall–Kier alpha value is -1.75. The Kier molecular flexibility index (Phi) is 5.29. The molecule has 1 aromatic carbocycles. The summed E-state index contributed by atoms with van der Waals surface area (Å²) in [4.78, 5) is 28.4. The van der Waals surface area contributed by atoms with E-state index in [4.69, 9.17) is 11.6 Å². The van der Waals surface area contributed by atoms with Crippen LogP contribution in [0.1, 0.15) is 36.5 Å². The minimum Gasteiger partial charge on any atom is -0.506 e. The molecule has 1 atom stereocenters. The van der Waals surface area contributed by atoms with E-state index in [2.05, 4.69) is 6.92 Å². The van der Waals surface area contributed by atoms with Crippen LogP contribution in [0.25, 0.3) is 0 Å². The zero-order valence-corrected chi connectivity index (χ0v) is 13.6. The molecule has 6 heteroatoms. The van der Waals surface area contributed by atoms with Gasteiger partial charge in [0.25, 0.3) is 5.91 Å². The molecular formula is C16H21ClN2O3. The van der Waals surface area contributed by atoms with Gasteiger partial charge < -0.3 is 14.9 Å². The summed E-state index contributed by atoms with van der Waals surface area (Å²) in [7, 11) is 1.76. The minimum atomic E-state index is -0.418. The molecule has 2 amide bonds. The molecule has 2 rings (SSSR count). The highest BCUT2D eigenvalue weighted by Crippen LogP contribution is 2.26. The molecule has 0 aliphatic carbocycles. The standard InChI is InChI=1S/C16H21ClN2O3/c1-3-4-5-13-16(22)18(2)8-9-19(13)15(21)11-6-7-14(20)12(17)10-11/h6-7,10,13,20H,3-5,8-9H2,1-2H3/t13-/m1/s1. The summed E-state index contributed by atoms with van der Waals surface area (Å²) in [5.41, 5.74) is 0.390. The third kappa shape index (κ3) is 3.35. The van der Waals surface area contributed by atoms with Crippen molar-refractivity contribution in [3.8, 4) is 5.75 Å².